The summed E-state index contributed by atoms with van der Waals surface area (Å²) in [5.74, 6) is -0.598. The maximum atomic E-state index is 13.3. The first-order valence-corrected chi connectivity index (χ1v) is 6.79. The van der Waals surface area contributed by atoms with Crippen molar-refractivity contribution in [2.75, 3.05) is 7.05 Å². The lowest BCUT2D eigenvalue weighted by atomic mass is 9.79. The van der Waals surface area contributed by atoms with Crippen LogP contribution in [0.15, 0.2) is 35.7 Å². The van der Waals surface area contributed by atoms with E-state index in [1.807, 2.05) is 18.5 Å². The molecule has 0 fully saturated rings. The van der Waals surface area contributed by atoms with E-state index >= 15 is 0 Å². The van der Waals surface area contributed by atoms with Gasteiger partial charge in [0.15, 0.2) is 0 Å². The third-order valence-electron chi connectivity index (χ3n) is 2.80. The van der Waals surface area contributed by atoms with Crippen molar-refractivity contribution in [2.45, 2.75) is 13.1 Å². The minimum atomic E-state index is -1.78. The van der Waals surface area contributed by atoms with Gasteiger partial charge < -0.3 is 10.0 Å². The number of hydrogen-bond acceptors (Lipinski definition) is 4. The first-order chi connectivity index (χ1) is 9.06. The molecule has 0 saturated heterocycles. The fraction of sp³-hybridized carbons (Fsp3) is 0.231. The summed E-state index contributed by atoms with van der Waals surface area (Å²) in [5.41, 5.74) is 0.769. The molecule has 0 amide bonds. The molecular weight excluding hydrogens is 264 g/mol. The van der Waals surface area contributed by atoms with Crippen LogP contribution in [0, 0.1) is 5.82 Å². The highest BCUT2D eigenvalue weighted by Gasteiger charge is 2.17. The molecule has 0 aliphatic rings. The summed E-state index contributed by atoms with van der Waals surface area (Å²) in [6.45, 7) is 1.43. The van der Waals surface area contributed by atoms with Gasteiger partial charge in [-0.2, -0.15) is 0 Å². The molecule has 0 aliphatic heterocycles. The van der Waals surface area contributed by atoms with Crippen molar-refractivity contribution in [1.82, 2.24) is 4.90 Å². The maximum Gasteiger partial charge on any atom is 0.491 e. The molecule has 3 nitrogen and oxygen atoms in total. The molecule has 0 atom stereocenters. The van der Waals surface area contributed by atoms with Gasteiger partial charge in [-0.1, -0.05) is 18.2 Å². The average molecular weight is 279 g/mol. The van der Waals surface area contributed by atoms with Gasteiger partial charge in [-0.25, -0.2) is 4.39 Å². The first-order valence-electron chi connectivity index (χ1n) is 5.91. The molecule has 19 heavy (non-hydrogen) atoms. The van der Waals surface area contributed by atoms with E-state index in [1.54, 1.807) is 17.4 Å². The smallest absolute Gasteiger partial charge is 0.423 e. The minimum Gasteiger partial charge on any atom is -0.423 e. The molecule has 0 spiro atoms. The number of thiophene rings is 1. The zero-order valence-corrected chi connectivity index (χ0v) is 11.4. The van der Waals surface area contributed by atoms with Gasteiger partial charge in [0.1, 0.15) is 5.82 Å². The molecule has 0 aliphatic carbocycles. The van der Waals surface area contributed by atoms with Crippen molar-refractivity contribution >= 4 is 23.9 Å². The molecular formula is C13H15BFNO2S. The molecule has 0 saturated carbocycles. The summed E-state index contributed by atoms with van der Waals surface area (Å²) in [7, 11) is 0.195. The first kappa shape index (κ1) is 14.2. The Hall–Kier alpha value is -1.21. The zero-order valence-electron chi connectivity index (χ0n) is 10.6. The molecule has 0 bridgehead atoms. The van der Waals surface area contributed by atoms with Crippen LogP contribution >= 0.6 is 11.3 Å². The third-order valence-corrected chi connectivity index (χ3v) is 3.66. The lowest BCUT2D eigenvalue weighted by molar-refractivity contribution is 0.322. The highest BCUT2D eigenvalue weighted by Crippen LogP contribution is 2.13. The van der Waals surface area contributed by atoms with E-state index in [0.29, 0.717) is 6.54 Å². The monoisotopic (exact) mass is 279 g/mol. The second-order valence-electron chi connectivity index (χ2n) is 4.48. The molecule has 2 N–H and O–H groups in total. The van der Waals surface area contributed by atoms with Gasteiger partial charge in [0.2, 0.25) is 0 Å². The Balaban J connectivity index is 2.04. The van der Waals surface area contributed by atoms with Crippen molar-refractivity contribution in [3.63, 3.8) is 0 Å². The highest BCUT2D eigenvalue weighted by atomic mass is 32.1. The Morgan fingerprint density at radius 1 is 1.26 bits per heavy atom. The second-order valence-corrected chi connectivity index (χ2v) is 5.51. The normalized spacial score (nSPS) is 11.0. The fourth-order valence-electron chi connectivity index (χ4n) is 1.93. The molecule has 100 valence electrons. The Morgan fingerprint density at radius 3 is 2.68 bits per heavy atom. The van der Waals surface area contributed by atoms with Gasteiger partial charge >= 0.3 is 7.12 Å². The predicted octanol–water partition coefficient (Wildman–Crippen LogP) is 1.20. The van der Waals surface area contributed by atoms with E-state index in [4.69, 9.17) is 10.0 Å². The van der Waals surface area contributed by atoms with Crippen molar-refractivity contribution in [3.8, 4) is 0 Å². The van der Waals surface area contributed by atoms with Crippen LogP contribution in [0.3, 0.4) is 0 Å². The standard InChI is InChI=1S/C13H15BFNO2S/c1-16(9-11-3-2-6-19-11)8-10-4-5-13(15)12(7-10)14(17)18/h2-7,17-18H,8-9H2,1H3. The number of hydrogen-bond donors (Lipinski definition) is 2. The van der Waals surface area contributed by atoms with Crippen LogP contribution in [-0.2, 0) is 13.1 Å². The Labute approximate surface area is 116 Å². The molecule has 0 radical (unpaired) electrons. The average Bonchev–Trinajstić information content (AvgIpc) is 2.84. The second kappa shape index (κ2) is 6.30. The lowest BCUT2D eigenvalue weighted by Gasteiger charge is -2.16. The van der Waals surface area contributed by atoms with Gasteiger partial charge in [0, 0.05) is 23.4 Å². The van der Waals surface area contributed by atoms with Gasteiger partial charge in [0.25, 0.3) is 0 Å². The Morgan fingerprint density at radius 2 is 2.05 bits per heavy atom. The van der Waals surface area contributed by atoms with Crippen molar-refractivity contribution in [1.29, 1.82) is 0 Å². The quantitative estimate of drug-likeness (QED) is 0.808. The van der Waals surface area contributed by atoms with E-state index in [-0.39, 0.29) is 5.46 Å². The molecule has 2 rings (SSSR count). The largest absolute Gasteiger partial charge is 0.491 e. The number of rotatable bonds is 5. The lowest BCUT2D eigenvalue weighted by Crippen LogP contribution is -2.33. The maximum absolute atomic E-state index is 13.3. The Bertz CT molecular complexity index is 533. The van der Waals surface area contributed by atoms with Crippen LogP contribution in [0.5, 0.6) is 0 Å². The van der Waals surface area contributed by atoms with Crippen molar-refractivity contribution < 1.29 is 14.4 Å². The van der Waals surface area contributed by atoms with E-state index in [2.05, 4.69) is 11.0 Å². The molecule has 1 heterocycles. The SMILES string of the molecule is CN(Cc1ccc(F)c(B(O)O)c1)Cc1cccs1. The van der Waals surface area contributed by atoms with E-state index in [9.17, 15) is 4.39 Å². The van der Waals surface area contributed by atoms with Gasteiger partial charge in [-0.3, -0.25) is 4.90 Å². The van der Waals surface area contributed by atoms with E-state index in [1.165, 1.54) is 17.0 Å². The van der Waals surface area contributed by atoms with E-state index in [0.717, 1.165) is 12.1 Å². The molecule has 2 aromatic rings. The Kier molecular flexibility index (Phi) is 4.71. The molecule has 6 heteroatoms. The summed E-state index contributed by atoms with van der Waals surface area (Å²) in [5, 5.41) is 20.2. The van der Waals surface area contributed by atoms with Crippen LogP contribution in [0.2, 0.25) is 0 Å². The van der Waals surface area contributed by atoms with Gasteiger partial charge in [-0.05, 0) is 30.1 Å². The summed E-state index contributed by atoms with van der Waals surface area (Å²) in [4.78, 5) is 3.35. The third kappa shape index (κ3) is 3.88. The number of nitrogens with zero attached hydrogens (tertiary/aromatic N) is 1. The minimum absolute atomic E-state index is 0.0815. The molecule has 1 aromatic heterocycles. The summed E-state index contributed by atoms with van der Waals surface area (Å²) in [6, 6.07) is 8.49. The summed E-state index contributed by atoms with van der Waals surface area (Å²) in [6.07, 6.45) is 0. The summed E-state index contributed by atoms with van der Waals surface area (Å²) < 4.78 is 13.3. The topological polar surface area (TPSA) is 43.7 Å². The van der Waals surface area contributed by atoms with Crippen LogP contribution in [0.4, 0.5) is 4.39 Å². The molecule has 0 unspecified atom stereocenters. The zero-order chi connectivity index (χ0) is 13.8. The van der Waals surface area contributed by atoms with Crippen LogP contribution in [-0.4, -0.2) is 29.1 Å². The van der Waals surface area contributed by atoms with E-state index < -0.39 is 12.9 Å². The predicted molar refractivity (Wildman–Crippen MR) is 75.7 cm³/mol. The van der Waals surface area contributed by atoms with Crippen LogP contribution in [0.1, 0.15) is 10.4 Å². The van der Waals surface area contributed by atoms with Crippen molar-refractivity contribution in [3.05, 3.63) is 52.0 Å². The summed E-state index contributed by atoms with van der Waals surface area (Å²) >= 11 is 1.69. The van der Waals surface area contributed by atoms with Crippen LogP contribution in [0.25, 0.3) is 0 Å². The van der Waals surface area contributed by atoms with Gasteiger partial charge in [0.05, 0.1) is 0 Å². The van der Waals surface area contributed by atoms with Gasteiger partial charge in [-0.15, -0.1) is 11.3 Å². The fourth-order valence-corrected chi connectivity index (χ4v) is 2.71. The van der Waals surface area contributed by atoms with Crippen LogP contribution < -0.4 is 5.46 Å². The van der Waals surface area contributed by atoms with Crippen molar-refractivity contribution in [2.24, 2.45) is 0 Å². The number of halogens is 1. The molecule has 1 aromatic carbocycles. The number of benzene rings is 1. The highest BCUT2D eigenvalue weighted by molar-refractivity contribution is 7.09.